The predicted molar refractivity (Wildman–Crippen MR) is 118 cm³/mol. The Morgan fingerprint density at radius 1 is 1.00 bits per heavy atom. The number of amides is 3. The molecule has 0 radical (unpaired) electrons. The largest absolute Gasteiger partial charge is 0.484 e. The summed E-state index contributed by atoms with van der Waals surface area (Å²) in [7, 11) is 0. The van der Waals surface area contributed by atoms with Gasteiger partial charge in [0.1, 0.15) is 5.75 Å². The molecule has 3 amide bonds. The molecule has 0 saturated carbocycles. The Morgan fingerprint density at radius 3 is 2.39 bits per heavy atom. The quantitative estimate of drug-likeness (QED) is 0.424. The lowest BCUT2D eigenvalue weighted by atomic mass is 10.1. The van der Waals surface area contributed by atoms with E-state index in [1.54, 1.807) is 41.3 Å². The van der Waals surface area contributed by atoms with Crippen molar-refractivity contribution < 1.29 is 19.1 Å². The lowest BCUT2D eigenvalue weighted by Crippen LogP contribution is -2.32. The van der Waals surface area contributed by atoms with Gasteiger partial charge in [0.15, 0.2) is 6.61 Å². The van der Waals surface area contributed by atoms with E-state index in [2.05, 4.69) is 15.8 Å². The molecule has 0 aliphatic carbocycles. The highest BCUT2D eigenvalue weighted by atomic mass is 16.5. The van der Waals surface area contributed by atoms with Gasteiger partial charge in [-0.3, -0.25) is 14.4 Å². The minimum absolute atomic E-state index is 0.00933. The fourth-order valence-electron chi connectivity index (χ4n) is 3.08. The van der Waals surface area contributed by atoms with Gasteiger partial charge in [0.25, 0.3) is 5.91 Å². The van der Waals surface area contributed by atoms with Crippen LogP contribution in [0.2, 0.25) is 0 Å². The van der Waals surface area contributed by atoms with E-state index in [9.17, 15) is 14.4 Å². The lowest BCUT2D eigenvalue weighted by molar-refractivity contribution is -0.136. The Kier molecular flexibility index (Phi) is 7.37. The van der Waals surface area contributed by atoms with Crippen molar-refractivity contribution in [1.82, 2.24) is 10.3 Å². The van der Waals surface area contributed by atoms with Crippen molar-refractivity contribution >= 4 is 29.6 Å². The summed E-state index contributed by atoms with van der Waals surface area (Å²) in [6.45, 7) is 5.50. The van der Waals surface area contributed by atoms with Crippen molar-refractivity contribution in [3.63, 3.8) is 0 Å². The first-order chi connectivity index (χ1) is 14.9. The first kappa shape index (κ1) is 22.0. The van der Waals surface area contributed by atoms with E-state index in [0.29, 0.717) is 17.0 Å². The summed E-state index contributed by atoms with van der Waals surface area (Å²) in [4.78, 5) is 37.7. The number of nitrogens with zero attached hydrogens (tertiary/aromatic N) is 2. The molecule has 8 heteroatoms. The second kappa shape index (κ2) is 10.4. The molecule has 0 atom stereocenters. The van der Waals surface area contributed by atoms with Crippen LogP contribution in [0.3, 0.4) is 0 Å². The van der Waals surface area contributed by atoms with E-state index >= 15 is 0 Å². The summed E-state index contributed by atoms with van der Waals surface area (Å²) < 4.78 is 5.52. The maximum absolute atomic E-state index is 12.0. The van der Waals surface area contributed by atoms with Crippen molar-refractivity contribution in [2.24, 2.45) is 5.10 Å². The number of anilines is 1. The minimum Gasteiger partial charge on any atom is -0.484 e. The molecule has 8 nitrogen and oxygen atoms in total. The summed E-state index contributed by atoms with van der Waals surface area (Å²) in [5.41, 5.74) is 5.57. The molecule has 0 spiro atoms. The number of rotatable bonds is 6. The zero-order chi connectivity index (χ0) is 22.2. The number of hydrazone groups is 1. The van der Waals surface area contributed by atoms with Crippen molar-refractivity contribution in [3.05, 3.63) is 59.2 Å². The summed E-state index contributed by atoms with van der Waals surface area (Å²) in [5.74, 6) is -1.10. The lowest BCUT2D eigenvalue weighted by Gasteiger charge is -2.15. The number of benzene rings is 2. The Bertz CT molecular complexity index is 980. The number of aryl methyl sites for hydroxylation is 2. The number of hydrogen-bond acceptors (Lipinski definition) is 5. The maximum atomic E-state index is 12.0. The molecular weight excluding hydrogens is 396 g/mol. The Labute approximate surface area is 181 Å². The summed E-state index contributed by atoms with van der Waals surface area (Å²) in [6, 6.07) is 12.3. The molecule has 1 fully saturated rings. The van der Waals surface area contributed by atoms with Gasteiger partial charge < -0.3 is 15.0 Å². The smallest absolute Gasteiger partial charge is 0.329 e. The average Bonchev–Trinajstić information content (AvgIpc) is 3.30. The number of hydrogen-bond donors (Lipinski definition) is 2. The number of carbonyl (C=O) groups excluding carboxylic acids is 3. The van der Waals surface area contributed by atoms with Gasteiger partial charge in [0.2, 0.25) is 0 Å². The Morgan fingerprint density at radius 2 is 1.71 bits per heavy atom. The zero-order valence-corrected chi connectivity index (χ0v) is 17.7. The van der Waals surface area contributed by atoms with Gasteiger partial charge in [-0.15, -0.1) is 0 Å². The van der Waals surface area contributed by atoms with Crippen LogP contribution < -0.4 is 15.5 Å². The van der Waals surface area contributed by atoms with E-state index in [0.717, 1.165) is 37.1 Å². The Hall–Kier alpha value is -3.68. The van der Waals surface area contributed by atoms with E-state index in [1.807, 2.05) is 19.9 Å². The van der Waals surface area contributed by atoms with Gasteiger partial charge in [0, 0.05) is 18.8 Å². The minimum atomic E-state index is -0.866. The highest BCUT2D eigenvalue weighted by Gasteiger charge is 2.18. The average molecular weight is 422 g/mol. The molecule has 162 valence electrons. The maximum Gasteiger partial charge on any atom is 0.329 e. The monoisotopic (exact) mass is 422 g/mol. The summed E-state index contributed by atoms with van der Waals surface area (Å²) in [5, 5.41) is 6.34. The first-order valence-corrected chi connectivity index (χ1v) is 10.1. The van der Waals surface area contributed by atoms with Crippen molar-refractivity contribution in [3.8, 4) is 5.75 Å². The molecule has 0 bridgehead atoms. The van der Waals surface area contributed by atoms with Gasteiger partial charge in [-0.1, -0.05) is 6.07 Å². The summed E-state index contributed by atoms with van der Waals surface area (Å²) in [6.07, 6.45) is 3.51. The first-order valence-electron chi connectivity index (χ1n) is 10.1. The van der Waals surface area contributed by atoms with Crippen LogP contribution in [0, 0.1) is 13.8 Å². The number of ether oxygens (including phenoxy) is 1. The van der Waals surface area contributed by atoms with Crippen LogP contribution in [0.5, 0.6) is 5.75 Å². The van der Waals surface area contributed by atoms with Crippen molar-refractivity contribution in [1.29, 1.82) is 0 Å². The standard InChI is InChI=1S/C23H26N4O4/c1-16-5-8-19(13-17(16)2)25-22(29)23(30)26-24-14-18-6-9-20(10-7-18)31-15-21(28)27-11-3-4-12-27/h5-10,13-14H,3-4,11-12,15H2,1-2H3,(H,25,29)(H,26,30)/b24-14-. The molecule has 3 rings (SSSR count). The number of nitrogens with one attached hydrogen (secondary N) is 2. The van der Waals surface area contributed by atoms with Crippen molar-refractivity contribution in [2.75, 3.05) is 25.0 Å². The van der Waals surface area contributed by atoms with Crippen LogP contribution in [0.25, 0.3) is 0 Å². The highest BCUT2D eigenvalue weighted by molar-refractivity contribution is 6.39. The third-order valence-corrected chi connectivity index (χ3v) is 5.05. The molecule has 1 saturated heterocycles. The second-order valence-corrected chi connectivity index (χ2v) is 7.40. The highest BCUT2D eigenvalue weighted by Crippen LogP contribution is 2.14. The Balaban J connectivity index is 1.44. The molecular formula is C23H26N4O4. The molecule has 31 heavy (non-hydrogen) atoms. The van der Waals surface area contributed by atoms with Crippen LogP contribution in [-0.4, -0.2) is 48.5 Å². The molecule has 2 aromatic rings. The van der Waals surface area contributed by atoms with Crippen molar-refractivity contribution in [2.45, 2.75) is 26.7 Å². The molecule has 2 N–H and O–H groups in total. The molecule has 0 unspecified atom stereocenters. The van der Waals surface area contributed by atoms with Crippen LogP contribution in [0.4, 0.5) is 5.69 Å². The van der Waals surface area contributed by atoms with Crippen LogP contribution in [-0.2, 0) is 14.4 Å². The molecule has 1 aliphatic rings. The zero-order valence-electron chi connectivity index (χ0n) is 17.7. The van der Waals surface area contributed by atoms with Gasteiger partial charge in [0.05, 0.1) is 6.21 Å². The predicted octanol–water partition coefficient (Wildman–Crippen LogP) is 2.39. The topological polar surface area (TPSA) is 100 Å². The number of carbonyl (C=O) groups is 3. The van der Waals surface area contributed by atoms with Crippen LogP contribution >= 0.6 is 0 Å². The normalized spacial score (nSPS) is 13.3. The van der Waals surface area contributed by atoms with Gasteiger partial charge in [-0.25, -0.2) is 5.43 Å². The molecule has 0 aromatic heterocycles. The van der Waals surface area contributed by atoms with Gasteiger partial charge in [-0.2, -0.15) is 5.10 Å². The molecule has 1 aliphatic heterocycles. The van der Waals surface area contributed by atoms with E-state index < -0.39 is 11.8 Å². The molecule has 2 aromatic carbocycles. The van der Waals surface area contributed by atoms with E-state index in [1.165, 1.54) is 6.21 Å². The number of likely N-dealkylation sites (tertiary alicyclic amines) is 1. The van der Waals surface area contributed by atoms with Crippen LogP contribution in [0.1, 0.15) is 29.5 Å². The van der Waals surface area contributed by atoms with Gasteiger partial charge in [-0.05, 0) is 79.8 Å². The van der Waals surface area contributed by atoms with Crippen LogP contribution in [0.15, 0.2) is 47.6 Å². The van der Waals surface area contributed by atoms with E-state index in [4.69, 9.17) is 4.74 Å². The van der Waals surface area contributed by atoms with Gasteiger partial charge >= 0.3 is 11.8 Å². The third-order valence-electron chi connectivity index (χ3n) is 5.05. The fraction of sp³-hybridized carbons (Fsp3) is 0.304. The SMILES string of the molecule is Cc1ccc(NC(=O)C(=O)N/N=C\c2ccc(OCC(=O)N3CCCC3)cc2)cc1C. The van der Waals surface area contributed by atoms with E-state index in [-0.39, 0.29) is 12.5 Å². The second-order valence-electron chi connectivity index (χ2n) is 7.40. The third kappa shape index (κ3) is 6.40. The summed E-state index contributed by atoms with van der Waals surface area (Å²) >= 11 is 0. The molecule has 1 heterocycles. The fourth-order valence-corrected chi connectivity index (χ4v) is 3.08.